The summed E-state index contributed by atoms with van der Waals surface area (Å²) >= 11 is 1.25. The van der Waals surface area contributed by atoms with Crippen LogP contribution in [0.5, 0.6) is 0 Å². The molecule has 1 aromatic heterocycles. The van der Waals surface area contributed by atoms with E-state index in [1.807, 2.05) is 11.9 Å². The largest absolute Gasteiger partial charge is 0.416 e. The van der Waals surface area contributed by atoms with Crippen molar-refractivity contribution in [1.29, 1.82) is 0 Å². The number of benzene rings is 1. The molecule has 0 bridgehead atoms. The monoisotopic (exact) mass is 383 g/mol. The fourth-order valence-electron chi connectivity index (χ4n) is 3.06. The second-order valence-corrected chi connectivity index (χ2v) is 7.23. The van der Waals surface area contributed by atoms with Gasteiger partial charge in [0.05, 0.1) is 17.7 Å². The number of thiazole rings is 1. The Morgan fingerprint density at radius 1 is 1.42 bits per heavy atom. The van der Waals surface area contributed by atoms with Crippen LogP contribution in [0.15, 0.2) is 29.6 Å². The molecule has 1 N–H and O–H groups in total. The van der Waals surface area contributed by atoms with Crippen molar-refractivity contribution >= 4 is 17.2 Å². The molecule has 140 valence electrons. The van der Waals surface area contributed by atoms with Gasteiger partial charge in [0.1, 0.15) is 5.01 Å². The Labute approximate surface area is 154 Å². The molecule has 0 spiro atoms. The molecule has 8 heteroatoms. The van der Waals surface area contributed by atoms with Crippen LogP contribution in [0.4, 0.5) is 13.2 Å². The molecule has 1 fully saturated rings. The summed E-state index contributed by atoms with van der Waals surface area (Å²) in [5.74, 6) is 0.00541. The standard InChI is InChI=1S/C18H20F3N3OS/c1-22-14-6-3-7-24(10-14)16(25)9-15-11-26-17(23-15)12-4-2-5-13(8-12)18(19,20)21/h2,4-5,8,11,14,22H,3,6-7,9-10H2,1H3. The Morgan fingerprint density at radius 2 is 2.23 bits per heavy atom. The molecule has 4 nitrogen and oxygen atoms in total. The number of likely N-dealkylation sites (tertiary alicyclic amines) is 1. The second-order valence-electron chi connectivity index (χ2n) is 6.37. The van der Waals surface area contributed by atoms with Crippen LogP contribution in [0.2, 0.25) is 0 Å². The van der Waals surface area contributed by atoms with E-state index in [1.54, 1.807) is 11.4 Å². The van der Waals surface area contributed by atoms with Crippen molar-refractivity contribution < 1.29 is 18.0 Å². The summed E-state index contributed by atoms with van der Waals surface area (Å²) in [7, 11) is 1.89. The van der Waals surface area contributed by atoms with Crippen LogP contribution in [0.3, 0.4) is 0 Å². The summed E-state index contributed by atoms with van der Waals surface area (Å²) in [5.41, 5.74) is 0.310. The van der Waals surface area contributed by atoms with Crippen LogP contribution < -0.4 is 5.32 Å². The van der Waals surface area contributed by atoms with Crippen LogP contribution >= 0.6 is 11.3 Å². The summed E-state index contributed by atoms with van der Waals surface area (Å²) in [6.45, 7) is 1.42. The van der Waals surface area contributed by atoms with Gasteiger partial charge in [0.2, 0.25) is 5.91 Å². The molecule has 1 aliphatic heterocycles. The molecule has 0 aliphatic carbocycles. The Balaban J connectivity index is 1.69. The maximum Gasteiger partial charge on any atom is 0.416 e. The minimum Gasteiger partial charge on any atom is -0.341 e. The number of carbonyl (C=O) groups is 1. The molecule has 1 unspecified atom stereocenters. The lowest BCUT2D eigenvalue weighted by Gasteiger charge is -2.32. The van der Waals surface area contributed by atoms with E-state index in [0.29, 0.717) is 28.9 Å². The highest BCUT2D eigenvalue weighted by molar-refractivity contribution is 7.13. The van der Waals surface area contributed by atoms with Gasteiger partial charge < -0.3 is 10.2 Å². The maximum absolute atomic E-state index is 12.9. The van der Waals surface area contributed by atoms with Crippen LogP contribution in [0.1, 0.15) is 24.1 Å². The molecule has 2 aromatic rings. The van der Waals surface area contributed by atoms with Gasteiger partial charge in [-0.15, -0.1) is 11.3 Å². The first-order valence-electron chi connectivity index (χ1n) is 8.44. The average molecular weight is 383 g/mol. The van der Waals surface area contributed by atoms with Crippen molar-refractivity contribution in [3.63, 3.8) is 0 Å². The zero-order valence-corrected chi connectivity index (χ0v) is 15.2. The lowest BCUT2D eigenvalue weighted by molar-refractivity contribution is -0.137. The summed E-state index contributed by atoms with van der Waals surface area (Å²) < 4.78 is 38.6. The van der Waals surface area contributed by atoms with E-state index in [2.05, 4.69) is 10.3 Å². The van der Waals surface area contributed by atoms with Gasteiger partial charge in [-0.1, -0.05) is 12.1 Å². The van der Waals surface area contributed by atoms with Gasteiger partial charge in [-0.25, -0.2) is 4.98 Å². The van der Waals surface area contributed by atoms with E-state index in [1.165, 1.54) is 17.4 Å². The van der Waals surface area contributed by atoms with E-state index in [0.717, 1.165) is 31.5 Å². The molecule has 0 radical (unpaired) electrons. The van der Waals surface area contributed by atoms with E-state index in [4.69, 9.17) is 0 Å². The number of nitrogens with one attached hydrogen (secondary N) is 1. The summed E-state index contributed by atoms with van der Waals surface area (Å²) in [6.07, 6.45) is -2.20. The van der Waals surface area contributed by atoms with Crippen molar-refractivity contribution in [2.45, 2.75) is 31.5 Å². The van der Waals surface area contributed by atoms with Gasteiger partial charge in [-0.2, -0.15) is 13.2 Å². The molecule has 1 aliphatic rings. The molecule has 2 heterocycles. The highest BCUT2D eigenvalue weighted by Crippen LogP contribution is 2.33. The highest BCUT2D eigenvalue weighted by atomic mass is 32.1. The van der Waals surface area contributed by atoms with Crippen molar-refractivity contribution in [3.05, 3.63) is 40.9 Å². The summed E-state index contributed by atoms with van der Waals surface area (Å²) in [6, 6.07) is 5.41. The van der Waals surface area contributed by atoms with Gasteiger partial charge in [0.15, 0.2) is 0 Å². The number of carbonyl (C=O) groups excluding carboxylic acids is 1. The van der Waals surface area contributed by atoms with Gasteiger partial charge in [0.25, 0.3) is 0 Å². The van der Waals surface area contributed by atoms with Crippen LogP contribution in [-0.2, 0) is 17.4 Å². The van der Waals surface area contributed by atoms with Gasteiger partial charge in [-0.05, 0) is 32.0 Å². The fourth-order valence-corrected chi connectivity index (χ4v) is 3.87. The first kappa shape index (κ1) is 18.8. The third-order valence-corrected chi connectivity index (χ3v) is 5.44. The Kier molecular flexibility index (Phi) is 5.62. The predicted octanol–water partition coefficient (Wildman–Crippen LogP) is 3.58. The molecule has 0 saturated carbocycles. The van der Waals surface area contributed by atoms with Crippen LogP contribution in [0, 0.1) is 0 Å². The zero-order chi connectivity index (χ0) is 18.7. The number of alkyl halides is 3. The van der Waals surface area contributed by atoms with Crippen molar-refractivity contribution in [2.75, 3.05) is 20.1 Å². The fraction of sp³-hybridized carbons (Fsp3) is 0.444. The number of aromatic nitrogens is 1. The minimum atomic E-state index is -4.38. The predicted molar refractivity (Wildman–Crippen MR) is 94.9 cm³/mol. The normalized spacial score (nSPS) is 18.2. The number of likely N-dealkylation sites (N-methyl/N-ethyl adjacent to an activating group) is 1. The summed E-state index contributed by atoms with van der Waals surface area (Å²) in [5, 5.41) is 5.43. The molecule has 1 saturated heterocycles. The number of rotatable bonds is 4. The van der Waals surface area contributed by atoms with Crippen molar-refractivity contribution in [1.82, 2.24) is 15.2 Å². The lowest BCUT2D eigenvalue weighted by Crippen LogP contribution is -2.47. The first-order valence-corrected chi connectivity index (χ1v) is 9.32. The maximum atomic E-state index is 12.9. The minimum absolute atomic E-state index is 0.00541. The number of piperidine rings is 1. The Morgan fingerprint density at radius 3 is 2.96 bits per heavy atom. The van der Waals surface area contributed by atoms with E-state index in [9.17, 15) is 18.0 Å². The number of nitrogens with zero attached hydrogens (tertiary/aromatic N) is 2. The van der Waals surface area contributed by atoms with Gasteiger partial charge >= 0.3 is 6.18 Å². The first-order chi connectivity index (χ1) is 12.4. The quantitative estimate of drug-likeness (QED) is 0.878. The number of hydrogen-bond donors (Lipinski definition) is 1. The molecular formula is C18H20F3N3OS. The lowest BCUT2D eigenvalue weighted by atomic mass is 10.1. The van der Waals surface area contributed by atoms with Crippen LogP contribution in [-0.4, -0.2) is 42.0 Å². The third-order valence-electron chi connectivity index (χ3n) is 4.50. The van der Waals surface area contributed by atoms with E-state index in [-0.39, 0.29) is 12.3 Å². The Hall–Kier alpha value is -1.93. The molecule has 26 heavy (non-hydrogen) atoms. The van der Waals surface area contributed by atoms with Gasteiger partial charge in [-0.3, -0.25) is 4.79 Å². The van der Waals surface area contributed by atoms with Crippen LogP contribution in [0.25, 0.3) is 10.6 Å². The number of hydrogen-bond acceptors (Lipinski definition) is 4. The third kappa shape index (κ3) is 4.42. The zero-order valence-electron chi connectivity index (χ0n) is 14.3. The molecule has 1 aromatic carbocycles. The van der Waals surface area contributed by atoms with Crippen molar-refractivity contribution in [3.8, 4) is 10.6 Å². The molecule has 3 rings (SSSR count). The smallest absolute Gasteiger partial charge is 0.341 e. The SMILES string of the molecule is CNC1CCCN(C(=O)Cc2csc(-c3cccc(C(F)(F)F)c3)n2)C1. The Bertz CT molecular complexity index is 775. The summed E-state index contributed by atoms with van der Waals surface area (Å²) in [4.78, 5) is 18.7. The highest BCUT2D eigenvalue weighted by Gasteiger charge is 2.30. The topological polar surface area (TPSA) is 45.2 Å². The van der Waals surface area contributed by atoms with E-state index < -0.39 is 11.7 Å². The number of amides is 1. The van der Waals surface area contributed by atoms with Crippen molar-refractivity contribution in [2.24, 2.45) is 0 Å². The van der Waals surface area contributed by atoms with E-state index >= 15 is 0 Å². The molecule has 1 atom stereocenters. The average Bonchev–Trinajstić information content (AvgIpc) is 3.09. The molecular weight excluding hydrogens is 363 g/mol. The van der Waals surface area contributed by atoms with Gasteiger partial charge in [0, 0.05) is 30.1 Å². The number of halogens is 3. The second kappa shape index (κ2) is 7.75. The molecule has 1 amide bonds.